The smallest absolute Gasteiger partial charge is 0.188 e. The normalized spacial score (nSPS) is 12.9. The molecule has 4 aromatic rings. The van der Waals surface area contributed by atoms with Crippen molar-refractivity contribution in [3.8, 4) is 22.5 Å². The molecule has 0 spiro atoms. The van der Waals surface area contributed by atoms with Crippen LogP contribution >= 0.6 is 0 Å². The standard InChI is InChI=1S/C22H17N5/c1-14-5-3-6-19(25-14)22-21(20-7-4-12-27(20)26-22)16-10-11-24-18-9-8-15(23-2)13-17(16)18/h3,5-6,8-11,13H,4,7,12H2,1H3. The highest BCUT2D eigenvalue weighted by atomic mass is 15.3. The van der Waals surface area contributed by atoms with Crippen LogP contribution in [-0.2, 0) is 13.0 Å². The van der Waals surface area contributed by atoms with E-state index in [9.17, 15) is 0 Å². The van der Waals surface area contributed by atoms with E-state index in [1.165, 1.54) is 5.69 Å². The first-order valence-electron chi connectivity index (χ1n) is 9.05. The summed E-state index contributed by atoms with van der Waals surface area (Å²) < 4.78 is 2.11. The third-order valence-corrected chi connectivity index (χ3v) is 5.10. The van der Waals surface area contributed by atoms with Crippen molar-refractivity contribution in [2.45, 2.75) is 26.3 Å². The van der Waals surface area contributed by atoms with Gasteiger partial charge in [-0.2, -0.15) is 5.10 Å². The number of hydrogen-bond acceptors (Lipinski definition) is 3. The number of fused-ring (bicyclic) bond motifs is 2. The van der Waals surface area contributed by atoms with Crippen molar-refractivity contribution in [3.05, 3.63) is 71.5 Å². The lowest BCUT2D eigenvalue weighted by molar-refractivity contribution is 0.658. The first-order chi connectivity index (χ1) is 13.2. The molecule has 0 amide bonds. The summed E-state index contributed by atoms with van der Waals surface area (Å²) in [4.78, 5) is 12.8. The van der Waals surface area contributed by atoms with Crippen LogP contribution in [0.4, 0.5) is 5.69 Å². The number of hydrogen-bond donors (Lipinski definition) is 0. The van der Waals surface area contributed by atoms with Crippen molar-refractivity contribution in [2.24, 2.45) is 0 Å². The molecule has 0 N–H and O–H groups in total. The summed E-state index contributed by atoms with van der Waals surface area (Å²) in [5, 5.41) is 5.89. The number of pyridine rings is 2. The van der Waals surface area contributed by atoms with Crippen LogP contribution in [-0.4, -0.2) is 19.7 Å². The first-order valence-corrected chi connectivity index (χ1v) is 9.05. The highest BCUT2D eigenvalue weighted by molar-refractivity contribution is 6.00. The third kappa shape index (κ3) is 2.49. The second-order valence-electron chi connectivity index (χ2n) is 6.83. The highest BCUT2D eigenvalue weighted by Gasteiger charge is 2.25. The second kappa shape index (κ2) is 6.03. The Hall–Kier alpha value is -3.52. The molecule has 0 radical (unpaired) electrons. The van der Waals surface area contributed by atoms with Gasteiger partial charge in [-0.3, -0.25) is 14.6 Å². The van der Waals surface area contributed by atoms with E-state index in [0.29, 0.717) is 5.69 Å². The Morgan fingerprint density at radius 1 is 1.15 bits per heavy atom. The van der Waals surface area contributed by atoms with E-state index in [1.807, 2.05) is 55.6 Å². The minimum atomic E-state index is 0.621. The van der Waals surface area contributed by atoms with Gasteiger partial charge in [-0.25, -0.2) is 4.85 Å². The van der Waals surface area contributed by atoms with Crippen molar-refractivity contribution >= 4 is 16.6 Å². The predicted octanol–water partition coefficient (Wildman–Crippen LogP) is 4.97. The van der Waals surface area contributed by atoms with E-state index in [0.717, 1.165) is 58.5 Å². The molecular weight excluding hydrogens is 334 g/mol. The molecule has 3 aromatic heterocycles. The lowest BCUT2D eigenvalue weighted by atomic mass is 9.96. The molecule has 0 bridgehead atoms. The third-order valence-electron chi connectivity index (χ3n) is 5.10. The maximum Gasteiger partial charge on any atom is 0.188 e. The van der Waals surface area contributed by atoms with Crippen molar-refractivity contribution < 1.29 is 0 Å². The summed E-state index contributed by atoms with van der Waals surface area (Å²) in [6, 6.07) is 13.7. The van der Waals surface area contributed by atoms with Crippen molar-refractivity contribution in [1.29, 1.82) is 0 Å². The molecule has 5 rings (SSSR count). The first kappa shape index (κ1) is 15.7. The zero-order valence-corrected chi connectivity index (χ0v) is 15.0. The fourth-order valence-electron chi connectivity index (χ4n) is 3.89. The molecule has 1 aromatic carbocycles. The summed E-state index contributed by atoms with van der Waals surface area (Å²) in [6.45, 7) is 10.3. The number of nitrogens with zero attached hydrogens (tertiary/aromatic N) is 5. The molecule has 5 nitrogen and oxygen atoms in total. The molecule has 130 valence electrons. The highest BCUT2D eigenvalue weighted by Crippen LogP contribution is 2.40. The van der Waals surface area contributed by atoms with Gasteiger partial charge < -0.3 is 0 Å². The van der Waals surface area contributed by atoms with Gasteiger partial charge in [0.15, 0.2) is 5.69 Å². The SMILES string of the molecule is [C-]#[N+]c1ccc2nccc(-c3c(-c4cccc(C)n4)nn4c3CCC4)c2c1. The van der Waals surface area contributed by atoms with Gasteiger partial charge in [-0.15, -0.1) is 0 Å². The predicted molar refractivity (Wildman–Crippen MR) is 106 cm³/mol. The molecule has 0 aliphatic carbocycles. The summed E-state index contributed by atoms with van der Waals surface area (Å²) in [5.74, 6) is 0. The van der Waals surface area contributed by atoms with Crippen LogP contribution in [0.2, 0.25) is 0 Å². The molecular formula is C22H17N5. The van der Waals surface area contributed by atoms with E-state index >= 15 is 0 Å². The fourth-order valence-corrected chi connectivity index (χ4v) is 3.89. The van der Waals surface area contributed by atoms with Crippen LogP contribution in [0, 0.1) is 13.5 Å². The van der Waals surface area contributed by atoms with Crippen LogP contribution < -0.4 is 0 Å². The van der Waals surface area contributed by atoms with E-state index in [1.54, 1.807) is 0 Å². The van der Waals surface area contributed by atoms with Gasteiger partial charge in [0.05, 0.1) is 17.8 Å². The van der Waals surface area contributed by atoms with Crippen LogP contribution in [0.3, 0.4) is 0 Å². The Kier molecular flexibility index (Phi) is 3.51. The minimum absolute atomic E-state index is 0.621. The average molecular weight is 351 g/mol. The van der Waals surface area contributed by atoms with Crippen molar-refractivity contribution in [2.75, 3.05) is 0 Å². The van der Waals surface area contributed by atoms with E-state index in [-0.39, 0.29) is 0 Å². The maximum absolute atomic E-state index is 7.37. The molecule has 4 heterocycles. The quantitative estimate of drug-likeness (QED) is 0.479. The molecule has 0 fully saturated rings. The van der Waals surface area contributed by atoms with Gasteiger partial charge in [0.2, 0.25) is 0 Å². The molecule has 0 saturated carbocycles. The maximum atomic E-state index is 7.37. The molecule has 0 unspecified atom stereocenters. The van der Waals surface area contributed by atoms with Gasteiger partial charge in [-0.05, 0) is 61.0 Å². The molecule has 27 heavy (non-hydrogen) atoms. The molecule has 0 saturated heterocycles. The minimum Gasteiger partial charge on any atom is -0.268 e. The molecule has 0 atom stereocenters. The van der Waals surface area contributed by atoms with Crippen LogP contribution in [0.1, 0.15) is 17.8 Å². The van der Waals surface area contributed by atoms with Crippen LogP contribution in [0.15, 0.2) is 48.7 Å². The molecule has 1 aliphatic rings. The van der Waals surface area contributed by atoms with Crippen molar-refractivity contribution in [1.82, 2.24) is 19.7 Å². The van der Waals surface area contributed by atoms with Gasteiger partial charge in [-0.1, -0.05) is 12.1 Å². The zero-order chi connectivity index (χ0) is 18.4. The number of rotatable bonds is 2. The largest absolute Gasteiger partial charge is 0.268 e. The fraction of sp³-hybridized carbons (Fsp3) is 0.182. The zero-order valence-electron chi connectivity index (χ0n) is 15.0. The molecule has 1 aliphatic heterocycles. The van der Waals surface area contributed by atoms with Crippen LogP contribution in [0.25, 0.3) is 38.3 Å². The van der Waals surface area contributed by atoms with Gasteiger partial charge in [0.25, 0.3) is 0 Å². The van der Waals surface area contributed by atoms with Gasteiger partial charge in [0, 0.05) is 29.7 Å². The van der Waals surface area contributed by atoms with Gasteiger partial charge in [0.1, 0.15) is 5.69 Å². The summed E-state index contributed by atoms with van der Waals surface area (Å²) in [7, 11) is 0. The van der Waals surface area contributed by atoms with E-state index in [2.05, 4.69) is 14.5 Å². The average Bonchev–Trinajstić information content (AvgIpc) is 3.28. The van der Waals surface area contributed by atoms with Gasteiger partial charge >= 0.3 is 0 Å². The van der Waals surface area contributed by atoms with Crippen molar-refractivity contribution in [3.63, 3.8) is 0 Å². The van der Waals surface area contributed by atoms with E-state index < -0.39 is 0 Å². The number of benzene rings is 1. The summed E-state index contributed by atoms with van der Waals surface area (Å²) in [6.07, 6.45) is 3.94. The Labute approximate surface area is 157 Å². The Morgan fingerprint density at radius 3 is 2.93 bits per heavy atom. The second-order valence-corrected chi connectivity index (χ2v) is 6.83. The molecule has 5 heteroatoms. The Bertz CT molecular complexity index is 1230. The Morgan fingerprint density at radius 2 is 2.07 bits per heavy atom. The lowest BCUT2D eigenvalue weighted by Crippen LogP contribution is -1.95. The number of aryl methyl sites for hydroxylation is 2. The van der Waals surface area contributed by atoms with Crippen LogP contribution in [0.5, 0.6) is 0 Å². The number of aromatic nitrogens is 4. The monoisotopic (exact) mass is 351 g/mol. The Balaban J connectivity index is 1.84. The lowest BCUT2D eigenvalue weighted by Gasteiger charge is -2.09. The topological polar surface area (TPSA) is 48.0 Å². The van der Waals surface area contributed by atoms with E-state index in [4.69, 9.17) is 16.7 Å². The summed E-state index contributed by atoms with van der Waals surface area (Å²) >= 11 is 0. The summed E-state index contributed by atoms with van der Waals surface area (Å²) in [5.41, 5.74) is 7.73.